The zero-order chi connectivity index (χ0) is 17.5. The van der Waals surface area contributed by atoms with E-state index < -0.39 is 6.02 Å². The van der Waals surface area contributed by atoms with Gasteiger partial charge in [0.1, 0.15) is 6.61 Å². The molecule has 2 aromatic carbocycles. The van der Waals surface area contributed by atoms with Gasteiger partial charge in [-0.3, -0.25) is 9.78 Å². The van der Waals surface area contributed by atoms with E-state index in [0.717, 1.165) is 11.1 Å². The van der Waals surface area contributed by atoms with Gasteiger partial charge in [0.15, 0.2) is 0 Å². The molecule has 1 aromatic heterocycles. The average molecular weight is 340 g/mol. The number of aliphatic imine (C=N–C) groups is 1. The largest absolute Gasteiger partial charge is 0.846 e. The van der Waals surface area contributed by atoms with Gasteiger partial charge in [-0.05, 0) is 22.4 Å². The summed E-state index contributed by atoms with van der Waals surface area (Å²) < 4.78 is 6.57. The minimum atomic E-state index is -0.539. The van der Waals surface area contributed by atoms with Crippen molar-refractivity contribution in [2.45, 2.75) is 13.2 Å². The van der Waals surface area contributed by atoms with Crippen molar-refractivity contribution in [3.05, 3.63) is 71.9 Å². The van der Waals surface area contributed by atoms with Crippen LogP contribution in [-0.4, -0.2) is 16.6 Å². The minimum absolute atomic E-state index is 0.110. The molecule has 0 unspecified atom stereocenters. The summed E-state index contributed by atoms with van der Waals surface area (Å²) >= 11 is 0. The van der Waals surface area contributed by atoms with E-state index in [-0.39, 0.29) is 12.5 Å². The highest BCUT2D eigenvalue weighted by molar-refractivity contribution is 5.86. The van der Waals surface area contributed by atoms with Crippen LogP contribution in [0.15, 0.2) is 70.3 Å². The maximum atomic E-state index is 11.8. The summed E-state index contributed by atoms with van der Waals surface area (Å²) in [4.78, 5) is 7.90. The Bertz CT molecular complexity index is 831. The number of hydrogen-bond donors (Lipinski definition) is 2. The maximum Gasteiger partial charge on any atom is 0.322 e. The first kappa shape index (κ1) is 16.6. The Morgan fingerprint density at radius 3 is 2.60 bits per heavy atom. The van der Waals surface area contributed by atoms with E-state index in [4.69, 9.17) is 9.78 Å². The first-order valence-corrected chi connectivity index (χ1v) is 7.51. The van der Waals surface area contributed by atoms with Crippen LogP contribution in [0.2, 0.25) is 0 Å². The quantitative estimate of drug-likeness (QED) is 0.231. The fourth-order valence-corrected chi connectivity index (χ4v) is 2.17. The molecule has 0 amide bonds. The van der Waals surface area contributed by atoms with E-state index in [1.165, 1.54) is 10.9 Å². The molecule has 25 heavy (non-hydrogen) atoms. The first-order valence-electron chi connectivity index (χ1n) is 7.51. The van der Waals surface area contributed by atoms with Crippen LogP contribution in [0.3, 0.4) is 0 Å². The fourth-order valence-electron chi connectivity index (χ4n) is 2.17. The summed E-state index contributed by atoms with van der Waals surface area (Å²) in [5, 5.41) is 26.7. The van der Waals surface area contributed by atoms with Crippen molar-refractivity contribution in [2.75, 3.05) is 5.32 Å². The maximum absolute atomic E-state index is 11.8. The van der Waals surface area contributed by atoms with Crippen molar-refractivity contribution in [1.82, 2.24) is 5.27 Å². The summed E-state index contributed by atoms with van der Waals surface area (Å²) in [7, 11) is 0. The van der Waals surface area contributed by atoms with Crippen molar-refractivity contribution >= 4 is 17.6 Å². The van der Waals surface area contributed by atoms with Crippen LogP contribution in [0, 0.1) is 0 Å². The molecule has 1 heterocycles. The van der Waals surface area contributed by atoms with Gasteiger partial charge < -0.3 is 10.4 Å². The molecule has 0 aliphatic heterocycles. The predicted octanol–water partition coefficient (Wildman–Crippen LogP) is 1.46. The Kier molecular flexibility index (Phi) is 5.35. The molecule has 2 N–H and O–H groups in total. The second kappa shape index (κ2) is 8.04. The minimum Gasteiger partial charge on any atom is -0.846 e. The van der Waals surface area contributed by atoms with Crippen LogP contribution in [0.4, 0.5) is 11.6 Å². The third-order valence-electron chi connectivity index (χ3n) is 3.33. The van der Waals surface area contributed by atoms with Crippen molar-refractivity contribution in [2.24, 2.45) is 4.99 Å². The Labute approximate surface area is 143 Å². The van der Waals surface area contributed by atoms with Gasteiger partial charge in [-0.2, -0.15) is 0 Å². The zero-order valence-electron chi connectivity index (χ0n) is 13.2. The van der Waals surface area contributed by atoms with Crippen LogP contribution in [0.25, 0.3) is 0 Å². The van der Waals surface area contributed by atoms with Crippen LogP contribution in [0.5, 0.6) is 0 Å². The van der Waals surface area contributed by atoms with Gasteiger partial charge in [0, 0.05) is 11.3 Å². The molecule has 0 atom stereocenters. The number of anilines is 1. The van der Waals surface area contributed by atoms with Gasteiger partial charge >= 0.3 is 5.88 Å². The Morgan fingerprint density at radius 2 is 1.88 bits per heavy atom. The number of nitrogens with zero attached hydrogens (tertiary/aromatic N) is 3. The van der Waals surface area contributed by atoms with Crippen molar-refractivity contribution < 1.29 is 24.5 Å². The smallest absolute Gasteiger partial charge is 0.322 e. The lowest BCUT2D eigenvalue weighted by Crippen LogP contribution is -2.35. The molecule has 0 aliphatic carbocycles. The van der Waals surface area contributed by atoms with E-state index in [1.807, 2.05) is 42.5 Å². The summed E-state index contributed by atoms with van der Waals surface area (Å²) in [6.07, 6.45) is 1.54. The Hall–Kier alpha value is -3.23. The van der Waals surface area contributed by atoms with Gasteiger partial charge in [0.25, 0.3) is 6.20 Å². The molecular formula is C17H16N4O4. The molecule has 8 nitrogen and oxygen atoms in total. The summed E-state index contributed by atoms with van der Waals surface area (Å²) in [5.41, 5.74) is 2.47. The van der Waals surface area contributed by atoms with E-state index in [9.17, 15) is 5.11 Å². The fraction of sp³-hybridized carbons (Fsp3) is 0.118. The van der Waals surface area contributed by atoms with Crippen LogP contribution >= 0.6 is 0 Å². The highest BCUT2D eigenvalue weighted by atomic mass is 17.1. The Balaban J connectivity index is 1.62. The van der Waals surface area contributed by atoms with Crippen molar-refractivity contribution in [3.63, 3.8) is 0 Å². The van der Waals surface area contributed by atoms with Gasteiger partial charge in [-0.25, -0.2) is 9.88 Å². The summed E-state index contributed by atoms with van der Waals surface area (Å²) in [6.45, 7) is 0.594. The Morgan fingerprint density at radius 1 is 1.16 bits per heavy atom. The summed E-state index contributed by atoms with van der Waals surface area (Å²) in [5.74, 6) is 0.110. The van der Waals surface area contributed by atoms with E-state index >= 15 is 0 Å². The van der Waals surface area contributed by atoms with Gasteiger partial charge in [-0.1, -0.05) is 42.5 Å². The number of amidine groups is 1. The lowest BCUT2D eigenvalue weighted by molar-refractivity contribution is -0.754. The van der Waals surface area contributed by atoms with Crippen LogP contribution in [0.1, 0.15) is 11.1 Å². The molecule has 3 aromatic rings. The molecular weight excluding hydrogens is 324 g/mol. The molecule has 0 radical (unpaired) electrons. The molecule has 3 rings (SSSR count). The molecule has 0 fully saturated rings. The average Bonchev–Trinajstić information content (AvgIpc) is 3.04. The van der Waals surface area contributed by atoms with E-state index in [1.54, 1.807) is 12.1 Å². The number of rotatable bonds is 6. The topological polar surface area (TPSA) is 107 Å². The third kappa shape index (κ3) is 4.87. The third-order valence-corrected chi connectivity index (χ3v) is 3.33. The molecule has 0 saturated heterocycles. The van der Waals surface area contributed by atoms with E-state index in [2.05, 4.69) is 20.5 Å². The van der Waals surface area contributed by atoms with Crippen LogP contribution in [-0.2, 0) is 18.0 Å². The van der Waals surface area contributed by atoms with Crippen LogP contribution < -0.4 is 15.1 Å². The second-order valence-corrected chi connectivity index (χ2v) is 5.24. The molecule has 0 aliphatic rings. The monoisotopic (exact) mass is 340 g/mol. The SMILES string of the molecule is [O-]/C(=N\c1c[n+](Cc2ccc(COO)cc2)no1)Nc1ccccc1. The number of benzene rings is 2. The molecule has 128 valence electrons. The number of hydrogen-bond acceptors (Lipinski definition) is 6. The number of aromatic nitrogens is 2. The highest BCUT2D eigenvalue weighted by Gasteiger charge is 2.11. The molecule has 0 saturated carbocycles. The zero-order valence-corrected chi connectivity index (χ0v) is 13.2. The van der Waals surface area contributed by atoms with Gasteiger partial charge in [0.05, 0.1) is 6.02 Å². The molecule has 0 bridgehead atoms. The standard InChI is InChI=1S/C17H16N4O4/c22-17(18-15-4-2-1-3-5-15)19-16-11-21(20-25-16)10-13-6-8-14(9-7-13)12-24-23/h1-9,11H,10,12H2,(H2-,18,19,20,22,23). The van der Waals surface area contributed by atoms with Gasteiger partial charge in [0.2, 0.25) is 11.8 Å². The first-order chi connectivity index (χ1) is 12.2. The summed E-state index contributed by atoms with van der Waals surface area (Å²) in [6, 6.07) is 15.9. The van der Waals surface area contributed by atoms with E-state index in [0.29, 0.717) is 12.2 Å². The number of nitrogens with one attached hydrogen (secondary N) is 1. The number of para-hydroxylation sites is 1. The normalized spacial score (nSPS) is 11.5. The second-order valence-electron chi connectivity index (χ2n) is 5.24. The highest BCUT2D eigenvalue weighted by Crippen LogP contribution is 2.10. The lowest BCUT2D eigenvalue weighted by Gasteiger charge is -2.11. The molecule has 0 spiro atoms. The van der Waals surface area contributed by atoms with Crippen molar-refractivity contribution in [1.29, 1.82) is 0 Å². The predicted molar refractivity (Wildman–Crippen MR) is 86.8 cm³/mol. The lowest BCUT2D eigenvalue weighted by atomic mass is 10.1. The van der Waals surface area contributed by atoms with Crippen molar-refractivity contribution in [3.8, 4) is 0 Å². The molecule has 8 heteroatoms. The van der Waals surface area contributed by atoms with Gasteiger partial charge in [-0.15, -0.1) is 0 Å².